The highest BCUT2D eigenvalue weighted by molar-refractivity contribution is 7.89. The zero-order chi connectivity index (χ0) is 18.1. The van der Waals surface area contributed by atoms with Gasteiger partial charge in [0.1, 0.15) is 5.60 Å². The molecular formula is C18H19NO3S3. The van der Waals surface area contributed by atoms with Crippen molar-refractivity contribution >= 4 is 32.7 Å². The van der Waals surface area contributed by atoms with Crippen LogP contribution in [0.25, 0.3) is 0 Å². The van der Waals surface area contributed by atoms with E-state index in [0.29, 0.717) is 16.0 Å². The van der Waals surface area contributed by atoms with Gasteiger partial charge < -0.3 is 5.11 Å². The minimum Gasteiger partial charge on any atom is -0.378 e. The summed E-state index contributed by atoms with van der Waals surface area (Å²) in [6.45, 7) is 3.56. The van der Waals surface area contributed by atoms with E-state index in [0.717, 1.165) is 5.56 Å². The summed E-state index contributed by atoms with van der Waals surface area (Å²) < 4.78 is 28.1. The van der Waals surface area contributed by atoms with Crippen molar-refractivity contribution in [3.05, 3.63) is 74.1 Å². The first-order valence-electron chi connectivity index (χ1n) is 7.69. The van der Waals surface area contributed by atoms with Gasteiger partial charge in [-0.05, 0) is 53.8 Å². The van der Waals surface area contributed by atoms with Crippen LogP contribution in [-0.4, -0.2) is 20.1 Å². The zero-order valence-electron chi connectivity index (χ0n) is 13.9. The number of aliphatic hydroxyl groups is 1. The molecule has 0 saturated carbocycles. The molecular weight excluding hydrogens is 374 g/mol. The Bertz CT molecular complexity index is 911. The lowest BCUT2D eigenvalue weighted by molar-refractivity contribution is 0.0903. The highest BCUT2D eigenvalue weighted by Crippen LogP contribution is 2.34. The number of nitrogens with one attached hydrogen (secondary N) is 1. The predicted molar refractivity (Wildman–Crippen MR) is 103 cm³/mol. The highest BCUT2D eigenvalue weighted by atomic mass is 32.2. The normalized spacial score (nSPS) is 14.4. The van der Waals surface area contributed by atoms with Gasteiger partial charge in [-0.3, -0.25) is 0 Å². The second-order valence-corrected chi connectivity index (χ2v) is 9.41. The summed E-state index contributed by atoms with van der Waals surface area (Å²) >= 11 is 2.86. The number of hydrogen-bond donors (Lipinski definition) is 2. The fraction of sp³-hybridized carbons (Fsp3) is 0.222. The number of benzene rings is 1. The smallest absolute Gasteiger partial charge is 0.240 e. The van der Waals surface area contributed by atoms with Gasteiger partial charge in [0.05, 0.1) is 4.90 Å². The largest absolute Gasteiger partial charge is 0.378 e. The number of rotatable bonds is 6. The molecule has 4 nitrogen and oxygen atoms in total. The maximum absolute atomic E-state index is 12.7. The second kappa shape index (κ2) is 7.01. The molecule has 0 radical (unpaired) electrons. The summed E-state index contributed by atoms with van der Waals surface area (Å²) in [6.07, 6.45) is 0. The lowest BCUT2D eigenvalue weighted by Crippen LogP contribution is -2.41. The van der Waals surface area contributed by atoms with E-state index in [1.54, 1.807) is 19.1 Å². The Morgan fingerprint density at radius 3 is 2.56 bits per heavy atom. The van der Waals surface area contributed by atoms with E-state index < -0.39 is 15.6 Å². The van der Waals surface area contributed by atoms with Crippen molar-refractivity contribution in [2.24, 2.45) is 0 Å². The lowest BCUT2D eigenvalue weighted by Gasteiger charge is -2.27. The fourth-order valence-corrected chi connectivity index (χ4v) is 5.58. The highest BCUT2D eigenvalue weighted by Gasteiger charge is 2.35. The Morgan fingerprint density at radius 1 is 1.16 bits per heavy atom. The lowest BCUT2D eigenvalue weighted by atomic mass is 9.95. The monoisotopic (exact) mass is 393 g/mol. The van der Waals surface area contributed by atoms with Gasteiger partial charge in [0.15, 0.2) is 0 Å². The van der Waals surface area contributed by atoms with Crippen LogP contribution in [0.4, 0.5) is 0 Å². The van der Waals surface area contributed by atoms with Gasteiger partial charge in [0.25, 0.3) is 0 Å². The third-order valence-corrected chi connectivity index (χ3v) is 7.33. The Labute approximate surface area is 155 Å². The first-order valence-corrected chi connectivity index (χ1v) is 11.0. The summed E-state index contributed by atoms with van der Waals surface area (Å²) in [6, 6.07) is 10.7. The molecule has 0 fully saturated rings. The molecule has 0 bridgehead atoms. The van der Waals surface area contributed by atoms with Crippen LogP contribution in [0.3, 0.4) is 0 Å². The van der Waals surface area contributed by atoms with E-state index in [1.807, 2.05) is 47.3 Å². The van der Waals surface area contributed by atoms with Crippen LogP contribution >= 0.6 is 22.7 Å². The third kappa shape index (κ3) is 3.70. The van der Waals surface area contributed by atoms with Crippen LogP contribution in [0.2, 0.25) is 0 Å². The quantitative estimate of drug-likeness (QED) is 0.672. The molecule has 0 aliphatic rings. The van der Waals surface area contributed by atoms with Crippen LogP contribution in [0.1, 0.15) is 21.6 Å². The third-order valence-electron chi connectivity index (χ3n) is 4.07. The number of aryl methyl sites for hydroxylation is 2. The van der Waals surface area contributed by atoms with Crippen molar-refractivity contribution in [1.82, 2.24) is 4.72 Å². The first-order chi connectivity index (χ1) is 11.8. The number of hydrogen-bond acceptors (Lipinski definition) is 5. The van der Waals surface area contributed by atoms with Crippen molar-refractivity contribution in [3.8, 4) is 0 Å². The van der Waals surface area contributed by atoms with E-state index in [1.165, 1.54) is 22.7 Å². The Hall–Kier alpha value is -1.51. The van der Waals surface area contributed by atoms with Gasteiger partial charge in [-0.1, -0.05) is 23.8 Å². The van der Waals surface area contributed by atoms with Gasteiger partial charge in [0, 0.05) is 17.0 Å². The number of sulfonamides is 1. The van der Waals surface area contributed by atoms with Crippen molar-refractivity contribution in [1.29, 1.82) is 0 Å². The summed E-state index contributed by atoms with van der Waals surface area (Å²) in [5, 5.41) is 16.8. The van der Waals surface area contributed by atoms with Crippen LogP contribution in [0.15, 0.2) is 57.4 Å². The summed E-state index contributed by atoms with van der Waals surface area (Å²) in [5.41, 5.74) is 0.982. The van der Waals surface area contributed by atoms with E-state index in [4.69, 9.17) is 0 Å². The average Bonchev–Trinajstić information content (AvgIpc) is 3.26. The molecule has 2 N–H and O–H groups in total. The van der Waals surface area contributed by atoms with Crippen LogP contribution in [0, 0.1) is 13.8 Å². The topological polar surface area (TPSA) is 66.4 Å². The minimum atomic E-state index is -3.73. The second-order valence-electron chi connectivity index (χ2n) is 5.94. The molecule has 1 aromatic carbocycles. The SMILES string of the molecule is Cc1ccc(S(=O)(=O)NCC(O)(c2ccsc2)c2cccs2)c(C)c1. The average molecular weight is 394 g/mol. The van der Waals surface area contributed by atoms with Crippen LogP contribution < -0.4 is 4.72 Å². The molecule has 3 rings (SSSR count). The van der Waals surface area contributed by atoms with Crippen molar-refractivity contribution in [2.45, 2.75) is 24.3 Å². The summed E-state index contributed by atoms with van der Waals surface area (Å²) in [7, 11) is -3.73. The molecule has 7 heteroatoms. The molecule has 1 atom stereocenters. The van der Waals surface area contributed by atoms with E-state index in [2.05, 4.69) is 4.72 Å². The molecule has 132 valence electrons. The minimum absolute atomic E-state index is 0.125. The van der Waals surface area contributed by atoms with E-state index in [-0.39, 0.29) is 11.4 Å². The van der Waals surface area contributed by atoms with Crippen LogP contribution in [0.5, 0.6) is 0 Å². The Morgan fingerprint density at radius 2 is 1.96 bits per heavy atom. The van der Waals surface area contributed by atoms with E-state index in [9.17, 15) is 13.5 Å². The van der Waals surface area contributed by atoms with Crippen molar-refractivity contribution < 1.29 is 13.5 Å². The number of thiophene rings is 2. The van der Waals surface area contributed by atoms with Gasteiger partial charge in [-0.2, -0.15) is 11.3 Å². The molecule has 0 amide bonds. The molecule has 0 saturated heterocycles. The van der Waals surface area contributed by atoms with Crippen molar-refractivity contribution in [3.63, 3.8) is 0 Å². The molecule has 3 aromatic rings. The molecule has 25 heavy (non-hydrogen) atoms. The maximum atomic E-state index is 12.7. The summed E-state index contributed by atoms with van der Waals surface area (Å²) in [4.78, 5) is 0.936. The molecule has 2 heterocycles. The van der Waals surface area contributed by atoms with Crippen LogP contribution in [-0.2, 0) is 15.6 Å². The zero-order valence-corrected chi connectivity index (χ0v) is 16.3. The summed E-state index contributed by atoms with van der Waals surface area (Å²) in [5.74, 6) is 0. The van der Waals surface area contributed by atoms with Gasteiger partial charge >= 0.3 is 0 Å². The standard InChI is InChI=1S/C18H19NO3S3/c1-13-5-6-16(14(2)10-13)25(21,22)19-12-18(20,15-7-9-23-11-15)17-4-3-8-24-17/h3-11,19-20H,12H2,1-2H3. The van der Waals surface area contributed by atoms with Gasteiger partial charge in [0.2, 0.25) is 10.0 Å². The fourth-order valence-electron chi connectivity index (χ4n) is 2.72. The molecule has 0 aliphatic carbocycles. The molecule has 0 aliphatic heterocycles. The predicted octanol–water partition coefficient (Wildman–Crippen LogP) is 3.64. The Balaban J connectivity index is 1.91. The molecule has 2 aromatic heterocycles. The Kier molecular flexibility index (Phi) is 5.13. The first kappa shape index (κ1) is 18.3. The maximum Gasteiger partial charge on any atom is 0.240 e. The van der Waals surface area contributed by atoms with Crippen molar-refractivity contribution in [2.75, 3.05) is 6.54 Å². The van der Waals surface area contributed by atoms with Gasteiger partial charge in [-0.25, -0.2) is 13.1 Å². The molecule has 0 spiro atoms. The van der Waals surface area contributed by atoms with Gasteiger partial charge in [-0.15, -0.1) is 11.3 Å². The van der Waals surface area contributed by atoms with E-state index >= 15 is 0 Å². The molecule has 1 unspecified atom stereocenters.